The van der Waals surface area contributed by atoms with Gasteiger partial charge in [-0.15, -0.1) is 0 Å². The number of aryl methyl sites for hydroxylation is 1. The number of hydrogen-bond donors (Lipinski definition) is 1. The van der Waals surface area contributed by atoms with Crippen molar-refractivity contribution in [3.8, 4) is 11.5 Å². The van der Waals surface area contributed by atoms with Gasteiger partial charge in [-0.3, -0.25) is 9.59 Å². The van der Waals surface area contributed by atoms with E-state index in [4.69, 9.17) is 9.47 Å². The van der Waals surface area contributed by atoms with E-state index in [2.05, 4.69) is 5.32 Å². The van der Waals surface area contributed by atoms with Crippen LogP contribution in [0, 0.1) is 6.92 Å². The summed E-state index contributed by atoms with van der Waals surface area (Å²) in [6.07, 6.45) is 0.403. The van der Waals surface area contributed by atoms with E-state index >= 15 is 0 Å². The lowest BCUT2D eigenvalue weighted by molar-refractivity contribution is -0.142. The highest BCUT2D eigenvalue weighted by molar-refractivity contribution is 5.88. The van der Waals surface area contributed by atoms with Crippen molar-refractivity contribution in [2.75, 3.05) is 20.8 Å². The van der Waals surface area contributed by atoms with Gasteiger partial charge in [-0.2, -0.15) is 0 Å². The van der Waals surface area contributed by atoms with E-state index in [1.165, 1.54) is 0 Å². The maximum absolute atomic E-state index is 13.4. The Balaban J connectivity index is 1.86. The summed E-state index contributed by atoms with van der Waals surface area (Å²) in [6.45, 7) is 2.13. The molecule has 3 aromatic carbocycles. The van der Waals surface area contributed by atoms with Crippen molar-refractivity contribution >= 4 is 11.8 Å². The number of rotatable bonds is 10. The third-order valence-electron chi connectivity index (χ3n) is 5.54. The Labute approximate surface area is 195 Å². The van der Waals surface area contributed by atoms with Crippen LogP contribution in [0.3, 0.4) is 0 Å². The highest BCUT2D eigenvalue weighted by Gasteiger charge is 2.30. The number of hydrogen-bond acceptors (Lipinski definition) is 4. The van der Waals surface area contributed by atoms with Crippen molar-refractivity contribution in [3.05, 3.63) is 95.6 Å². The Bertz CT molecular complexity index is 1050. The lowest BCUT2D eigenvalue weighted by atomic mass is 10.0. The molecule has 6 nitrogen and oxygen atoms in total. The van der Waals surface area contributed by atoms with E-state index in [9.17, 15) is 9.59 Å². The number of methoxy groups -OCH3 is 1. The Kier molecular flexibility index (Phi) is 8.47. The van der Waals surface area contributed by atoms with Crippen LogP contribution in [0.5, 0.6) is 11.5 Å². The first-order valence-electron chi connectivity index (χ1n) is 10.9. The maximum atomic E-state index is 13.4. The number of benzene rings is 3. The van der Waals surface area contributed by atoms with E-state index in [0.29, 0.717) is 24.5 Å². The van der Waals surface area contributed by atoms with Gasteiger partial charge in [-0.25, -0.2) is 0 Å². The molecule has 33 heavy (non-hydrogen) atoms. The largest absolute Gasteiger partial charge is 0.497 e. The fraction of sp³-hybridized carbons (Fsp3) is 0.259. The van der Waals surface area contributed by atoms with Crippen LogP contribution in [0.25, 0.3) is 0 Å². The van der Waals surface area contributed by atoms with Crippen LogP contribution >= 0.6 is 0 Å². The lowest BCUT2D eigenvalue weighted by Gasteiger charge is -2.31. The fourth-order valence-corrected chi connectivity index (χ4v) is 3.59. The van der Waals surface area contributed by atoms with Crippen molar-refractivity contribution in [1.82, 2.24) is 10.2 Å². The van der Waals surface area contributed by atoms with E-state index < -0.39 is 6.04 Å². The normalized spacial score (nSPS) is 11.4. The first-order chi connectivity index (χ1) is 16.0. The number of likely N-dealkylation sites (N-methyl/N-ethyl adjacent to an activating group) is 1. The van der Waals surface area contributed by atoms with Gasteiger partial charge >= 0.3 is 0 Å². The molecule has 3 rings (SSSR count). The predicted octanol–water partition coefficient (Wildman–Crippen LogP) is 3.77. The first-order valence-corrected chi connectivity index (χ1v) is 10.9. The summed E-state index contributed by atoms with van der Waals surface area (Å²) in [5, 5.41) is 2.72. The molecule has 0 aromatic heterocycles. The van der Waals surface area contributed by atoms with Crippen LogP contribution in [0.1, 0.15) is 16.7 Å². The maximum Gasteiger partial charge on any atom is 0.261 e. The number of nitrogens with one attached hydrogen (secondary N) is 1. The minimum atomic E-state index is -0.677. The summed E-state index contributed by atoms with van der Waals surface area (Å²) < 4.78 is 10.9. The molecule has 3 aromatic rings. The van der Waals surface area contributed by atoms with Crippen LogP contribution in [-0.4, -0.2) is 43.5 Å². The van der Waals surface area contributed by atoms with Crippen molar-refractivity contribution in [2.24, 2.45) is 0 Å². The van der Waals surface area contributed by atoms with Crippen LogP contribution in [-0.2, 0) is 22.6 Å². The molecule has 0 saturated heterocycles. The van der Waals surface area contributed by atoms with Gasteiger partial charge in [0.15, 0.2) is 6.61 Å². The van der Waals surface area contributed by atoms with Gasteiger partial charge in [0, 0.05) is 20.0 Å². The molecule has 0 saturated carbocycles. The van der Waals surface area contributed by atoms with Gasteiger partial charge < -0.3 is 19.7 Å². The second-order valence-electron chi connectivity index (χ2n) is 7.73. The second-order valence-corrected chi connectivity index (χ2v) is 7.73. The highest BCUT2D eigenvalue weighted by Crippen LogP contribution is 2.19. The Morgan fingerprint density at radius 1 is 0.909 bits per heavy atom. The van der Waals surface area contributed by atoms with Gasteiger partial charge in [0.25, 0.3) is 5.91 Å². The van der Waals surface area contributed by atoms with Gasteiger partial charge in [0.2, 0.25) is 5.91 Å². The average Bonchev–Trinajstić information content (AvgIpc) is 2.86. The first kappa shape index (κ1) is 23.9. The van der Waals surface area contributed by atoms with Crippen molar-refractivity contribution < 1.29 is 19.1 Å². The fourth-order valence-electron chi connectivity index (χ4n) is 3.59. The number of carbonyl (C=O) groups excluding carboxylic acids is 2. The Morgan fingerprint density at radius 2 is 1.55 bits per heavy atom. The molecule has 0 fully saturated rings. The molecule has 0 unspecified atom stereocenters. The standard InChI is InChI=1S/C27H30N2O4/c1-20-9-7-8-12-22(20)18-29(25(27(31)28-2)17-21-10-5-4-6-11-21)26(30)19-33-24-15-13-23(32-3)14-16-24/h4-16,25H,17-19H2,1-3H3,(H,28,31)/t25-/m0/s1. The molecule has 0 spiro atoms. The summed E-state index contributed by atoms with van der Waals surface area (Å²) in [5.41, 5.74) is 3.02. The summed E-state index contributed by atoms with van der Waals surface area (Å²) in [7, 11) is 3.18. The number of carbonyl (C=O) groups is 2. The van der Waals surface area contributed by atoms with Crippen molar-refractivity contribution in [1.29, 1.82) is 0 Å². The molecule has 0 bridgehead atoms. The van der Waals surface area contributed by atoms with Crippen LogP contribution in [0.4, 0.5) is 0 Å². The third-order valence-corrected chi connectivity index (χ3v) is 5.54. The molecule has 0 aliphatic heterocycles. The summed E-state index contributed by atoms with van der Waals surface area (Å²) in [5.74, 6) is 0.778. The van der Waals surface area contributed by atoms with Gasteiger partial charge in [0.05, 0.1) is 7.11 Å². The minimum Gasteiger partial charge on any atom is -0.497 e. The summed E-state index contributed by atoms with van der Waals surface area (Å²) >= 11 is 0. The molecule has 172 valence electrons. The third kappa shape index (κ3) is 6.59. The average molecular weight is 447 g/mol. The van der Waals surface area contributed by atoms with E-state index in [1.54, 1.807) is 43.3 Å². The minimum absolute atomic E-state index is 0.180. The Hall–Kier alpha value is -3.80. The zero-order valence-corrected chi connectivity index (χ0v) is 19.3. The van der Waals surface area contributed by atoms with E-state index in [0.717, 1.165) is 16.7 Å². The van der Waals surface area contributed by atoms with Gasteiger partial charge in [-0.05, 0) is 47.9 Å². The van der Waals surface area contributed by atoms with Crippen LogP contribution in [0.2, 0.25) is 0 Å². The van der Waals surface area contributed by atoms with Gasteiger partial charge in [0.1, 0.15) is 17.5 Å². The predicted molar refractivity (Wildman–Crippen MR) is 128 cm³/mol. The molecule has 1 N–H and O–H groups in total. The quantitative estimate of drug-likeness (QED) is 0.515. The van der Waals surface area contributed by atoms with Crippen molar-refractivity contribution in [3.63, 3.8) is 0 Å². The molecular weight excluding hydrogens is 416 g/mol. The topological polar surface area (TPSA) is 67.9 Å². The number of amides is 2. The lowest BCUT2D eigenvalue weighted by Crippen LogP contribution is -2.51. The summed E-state index contributed by atoms with van der Waals surface area (Å²) in [4.78, 5) is 27.9. The molecule has 0 aliphatic carbocycles. The number of nitrogens with zero attached hydrogens (tertiary/aromatic N) is 1. The zero-order valence-electron chi connectivity index (χ0n) is 19.3. The van der Waals surface area contributed by atoms with Crippen molar-refractivity contribution in [2.45, 2.75) is 25.9 Å². The second kappa shape index (κ2) is 11.7. The summed E-state index contributed by atoms with van der Waals surface area (Å²) in [6, 6.07) is 23.9. The SMILES string of the molecule is CNC(=O)[C@H](Cc1ccccc1)N(Cc1ccccc1C)C(=O)COc1ccc(OC)cc1. The number of ether oxygens (including phenoxy) is 2. The molecule has 1 atom stereocenters. The Morgan fingerprint density at radius 3 is 2.18 bits per heavy atom. The molecular formula is C27H30N2O4. The van der Waals surface area contributed by atoms with Gasteiger partial charge in [-0.1, -0.05) is 54.6 Å². The van der Waals surface area contributed by atoms with E-state index in [1.807, 2.05) is 61.5 Å². The monoisotopic (exact) mass is 446 g/mol. The van der Waals surface area contributed by atoms with Crippen LogP contribution in [0.15, 0.2) is 78.9 Å². The van der Waals surface area contributed by atoms with E-state index in [-0.39, 0.29) is 18.4 Å². The smallest absolute Gasteiger partial charge is 0.261 e. The molecule has 0 radical (unpaired) electrons. The molecule has 2 amide bonds. The molecule has 0 aliphatic rings. The van der Waals surface area contributed by atoms with Crippen LogP contribution < -0.4 is 14.8 Å². The molecule has 0 heterocycles. The molecule has 6 heteroatoms. The zero-order chi connectivity index (χ0) is 23.6. The highest BCUT2D eigenvalue weighted by atomic mass is 16.5.